The molecule has 68 valence electrons. The van der Waals surface area contributed by atoms with Crippen molar-refractivity contribution in [3.63, 3.8) is 0 Å². The third-order valence-corrected chi connectivity index (χ3v) is 2.23. The summed E-state index contributed by atoms with van der Waals surface area (Å²) < 4.78 is 1.63. The van der Waals surface area contributed by atoms with Gasteiger partial charge in [0.1, 0.15) is 5.60 Å². The average Bonchev–Trinajstić information content (AvgIpc) is 2.35. The van der Waals surface area contributed by atoms with E-state index in [1.54, 1.807) is 37.8 Å². The van der Waals surface area contributed by atoms with Crippen molar-refractivity contribution in [3.8, 4) is 0 Å². The van der Waals surface area contributed by atoms with E-state index in [1.165, 1.54) is 0 Å². The Morgan fingerprint density at radius 2 is 2.33 bits per heavy atom. The zero-order chi connectivity index (χ0) is 9.35. The molecular weight excluding hydrogens is 154 g/mol. The molecule has 0 aliphatic heterocycles. The highest BCUT2D eigenvalue weighted by molar-refractivity contribution is 5.12. The van der Waals surface area contributed by atoms with Gasteiger partial charge in [0.25, 0.3) is 0 Å². The van der Waals surface area contributed by atoms with Gasteiger partial charge in [0, 0.05) is 19.3 Å². The first-order chi connectivity index (χ1) is 5.46. The number of rotatable bonds is 2. The van der Waals surface area contributed by atoms with Gasteiger partial charge in [-0.2, -0.15) is 5.10 Å². The topological polar surface area (TPSA) is 64.1 Å². The Balaban J connectivity index is 3.05. The first kappa shape index (κ1) is 9.22. The van der Waals surface area contributed by atoms with Crippen LogP contribution in [0.25, 0.3) is 0 Å². The summed E-state index contributed by atoms with van der Waals surface area (Å²) in [4.78, 5) is 0. The van der Waals surface area contributed by atoms with Crippen LogP contribution in [-0.4, -0.2) is 20.9 Å². The van der Waals surface area contributed by atoms with Crippen LogP contribution in [0.1, 0.15) is 19.5 Å². The minimum absolute atomic E-state index is 0.312. The van der Waals surface area contributed by atoms with E-state index in [-0.39, 0.29) is 6.04 Å². The molecule has 0 saturated heterocycles. The van der Waals surface area contributed by atoms with E-state index in [0.29, 0.717) is 0 Å². The number of aryl methyl sites for hydroxylation is 1. The van der Waals surface area contributed by atoms with Crippen LogP contribution in [0.5, 0.6) is 0 Å². The molecule has 2 atom stereocenters. The van der Waals surface area contributed by atoms with Crippen LogP contribution in [0.15, 0.2) is 12.3 Å². The maximum Gasteiger partial charge on any atom is 0.118 e. The van der Waals surface area contributed by atoms with E-state index < -0.39 is 5.60 Å². The molecule has 4 heteroatoms. The van der Waals surface area contributed by atoms with Crippen LogP contribution in [0.2, 0.25) is 0 Å². The Morgan fingerprint density at radius 3 is 2.67 bits per heavy atom. The SMILES string of the molecule is CC(N)C(C)(O)c1ccnn1C. The molecule has 0 aliphatic rings. The van der Waals surface area contributed by atoms with E-state index in [0.717, 1.165) is 5.69 Å². The van der Waals surface area contributed by atoms with Gasteiger partial charge in [0.15, 0.2) is 0 Å². The lowest BCUT2D eigenvalue weighted by Gasteiger charge is -2.27. The Bertz CT molecular complexity index is 265. The quantitative estimate of drug-likeness (QED) is 0.653. The normalized spacial score (nSPS) is 18.8. The van der Waals surface area contributed by atoms with Crippen LogP contribution in [0.4, 0.5) is 0 Å². The molecular formula is C8H15N3O. The van der Waals surface area contributed by atoms with Gasteiger partial charge in [-0.05, 0) is 19.9 Å². The molecule has 1 rings (SSSR count). The summed E-state index contributed by atoms with van der Waals surface area (Å²) in [6.07, 6.45) is 1.65. The number of hydrogen-bond acceptors (Lipinski definition) is 3. The summed E-state index contributed by atoms with van der Waals surface area (Å²) >= 11 is 0. The highest BCUT2D eigenvalue weighted by atomic mass is 16.3. The van der Waals surface area contributed by atoms with Gasteiger partial charge < -0.3 is 10.8 Å². The zero-order valence-corrected chi connectivity index (χ0v) is 7.65. The van der Waals surface area contributed by atoms with Gasteiger partial charge in [-0.3, -0.25) is 4.68 Å². The molecule has 0 aromatic carbocycles. The molecule has 12 heavy (non-hydrogen) atoms. The first-order valence-corrected chi connectivity index (χ1v) is 3.92. The zero-order valence-electron chi connectivity index (χ0n) is 7.65. The van der Waals surface area contributed by atoms with E-state index in [1.807, 2.05) is 0 Å². The fourth-order valence-corrected chi connectivity index (χ4v) is 1.10. The summed E-state index contributed by atoms with van der Waals surface area (Å²) in [5.41, 5.74) is 5.36. The molecule has 0 radical (unpaired) electrons. The maximum atomic E-state index is 9.95. The fraction of sp³-hybridized carbons (Fsp3) is 0.625. The lowest BCUT2D eigenvalue weighted by molar-refractivity contribution is 0.0268. The smallest absolute Gasteiger partial charge is 0.118 e. The van der Waals surface area contributed by atoms with Gasteiger partial charge in [0.2, 0.25) is 0 Å². The lowest BCUT2D eigenvalue weighted by atomic mass is 9.95. The number of nitrogens with two attached hydrogens (primary N) is 1. The van der Waals surface area contributed by atoms with Gasteiger partial charge in [-0.1, -0.05) is 0 Å². The number of hydrogen-bond donors (Lipinski definition) is 2. The standard InChI is InChI=1S/C8H15N3O/c1-6(9)8(2,12)7-4-5-10-11(7)3/h4-6,12H,9H2,1-3H3. The Labute approximate surface area is 72.0 Å². The maximum absolute atomic E-state index is 9.95. The summed E-state index contributed by atoms with van der Waals surface area (Å²) in [5, 5.41) is 13.9. The molecule has 1 aromatic rings. The van der Waals surface area contributed by atoms with Crippen molar-refractivity contribution in [1.82, 2.24) is 9.78 Å². The highest BCUT2D eigenvalue weighted by Crippen LogP contribution is 2.21. The van der Waals surface area contributed by atoms with Crippen molar-refractivity contribution in [1.29, 1.82) is 0 Å². The summed E-state index contributed by atoms with van der Waals surface area (Å²) in [6, 6.07) is 1.46. The molecule has 3 N–H and O–H groups in total. The van der Waals surface area contributed by atoms with Gasteiger partial charge >= 0.3 is 0 Å². The van der Waals surface area contributed by atoms with Crippen molar-refractivity contribution < 1.29 is 5.11 Å². The van der Waals surface area contributed by atoms with Crippen LogP contribution >= 0.6 is 0 Å². The van der Waals surface area contributed by atoms with Crippen LogP contribution in [0, 0.1) is 0 Å². The second-order valence-electron chi connectivity index (χ2n) is 3.28. The van der Waals surface area contributed by atoms with Crippen molar-refractivity contribution in [2.45, 2.75) is 25.5 Å². The van der Waals surface area contributed by atoms with E-state index in [9.17, 15) is 5.11 Å². The number of aromatic nitrogens is 2. The molecule has 0 spiro atoms. The van der Waals surface area contributed by atoms with E-state index >= 15 is 0 Å². The fourth-order valence-electron chi connectivity index (χ4n) is 1.10. The third-order valence-electron chi connectivity index (χ3n) is 2.23. The van der Waals surface area contributed by atoms with Crippen LogP contribution < -0.4 is 5.73 Å². The number of nitrogens with zero attached hydrogens (tertiary/aromatic N) is 2. The molecule has 1 heterocycles. The predicted octanol–water partition coefficient (Wildman–Crippen LogP) is -0.0252. The van der Waals surface area contributed by atoms with Crippen molar-refractivity contribution >= 4 is 0 Å². The monoisotopic (exact) mass is 169 g/mol. The molecule has 0 bridgehead atoms. The Kier molecular flexibility index (Phi) is 2.21. The molecule has 4 nitrogen and oxygen atoms in total. The van der Waals surface area contributed by atoms with Crippen molar-refractivity contribution in [2.75, 3.05) is 0 Å². The van der Waals surface area contributed by atoms with E-state index in [2.05, 4.69) is 5.10 Å². The minimum Gasteiger partial charge on any atom is -0.382 e. The molecule has 2 unspecified atom stereocenters. The highest BCUT2D eigenvalue weighted by Gasteiger charge is 2.30. The van der Waals surface area contributed by atoms with Crippen molar-refractivity contribution in [2.24, 2.45) is 12.8 Å². The molecule has 1 aromatic heterocycles. The predicted molar refractivity (Wildman–Crippen MR) is 46.4 cm³/mol. The summed E-state index contributed by atoms with van der Waals surface area (Å²) in [7, 11) is 1.78. The van der Waals surface area contributed by atoms with Crippen LogP contribution in [0.3, 0.4) is 0 Å². The van der Waals surface area contributed by atoms with Gasteiger partial charge in [-0.25, -0.2) is 0 Å². The third kappa shape index (κ3) is 1.35. The van der Waals surface area contributed by atoms with E-state index in [4.69, 9.17) is 5.73 Å². The largest absolute Gasteiger partial charge is 0.382 e. The minimum atomic E-state index is -1.01. The Morgan fingerprint density at radius 1 is 1.75 bits per heavy atom. The Hall–Kier alpha value is -0.870. The second-order valence-corrected chi connectivity index (χ2v) is 3.28. The number of aliphatic hydroxyl groups is 1. The molecule has 0 saturated carbocycles. The first-order valence-electron chi connectivity index (χ1n) is 3.92. The summed E-state index contributed by atoms with van der Waals surface area (Å²) in [6.45, 7) is 3.46. The van der Waals surface area contributed by atoms with Gasteiger partial charge in [0.05, 0.1) is 5.69 Å². The molecule has 0 amide bonds. The molecule has 0 aliphatic carbocycles. The second kappa shape index (κ2) is 2.88. The van der Waals surface area contributed by atoms with Crippen LogP contribution in [-0.2, 0) is 12.6 Å². The lowest BCUT2D eigenvalue weighted by Crippen LogP contribution is -2.42. The average molecular weight is 169 g/mol. The molecule has 0 fully saturated rings. The van der Waals surface area contributed by atoms with Gasteiger partial charge in [-0.15, -0.1) is 0 Å². The summed E-state index contributed by atoms with van der Waals surface area (Å²) in [5.74, 6) is 0. The van der Waals surface area contributed by atoms with Crippen molar-refractivity contribution in [3.05, 3.63) is 18.0 Å².